The highest BCUT2D eigenvalue weighted by molar-refractivity contribution is 5.85. The van der Waals surface area contributed by atoms with Gasteiger partial charge in [0.25, 0.3) is 0 Å². The van der Waals surface area contributed by atoms with Crippen molar-refractivity contribution in [2.24, 2.45) is 0 Å². The van der Waals surface area contributed by atoms with Crippen molar-refractivity contribution >= 4 is 12.4 Å². The van der Waals surface area contributed by atoms with Crippen LogP contribution in [0.3, 0.4) is 0 Å². The normalized spacial score (nSPS) is 20.9. The molecule has 0 heterocycles. The maximum atomic E-state index is 5.96. The number of nitrogens with one attached hydrogen (secondary N) is 1. The highest BCUT2D eigenvalue weighted by Crippen LogP contribution is 2.39. The molecule has 3 heteroatoms. The number of likely N-dealkylation sites (N-methyl/N-ethyl adjacent to an activating group) is 1. The molecule has 1 N–H and O–H groups in total. The minimum atomic E-state index is -0.280. The molecule has 0 aliphatic heterocycles. The van der Waals surface area contributed by atoms with Crippen molar-refractivity contribution in [1.82, 2.24) is 5.32 Å². The molecule has 0 saturated carbocycles. The highest BCUT2D eigenvalue weighted by Gasteiger charge is 2.39. The van der Waals surface area contributed by atoms with E-state index in [0.29, 0.717) is 6.04 Å². The summed E-state index contributed by atoms with van der Waals surface area (Å²) in [5.74, 6) is 0. The SMILES string of the molecule is CNC1CCc2cc(-c3ccc(-c4ccccc4)cc3)ccc2C1(C)OC.Cl. The molecule has 0 amide bonds. The quantitative estimate of drug-likeness (QED) is 0.601. The first-order valence-electron chi connectivity index (χ1n) is 9.67. The average Bonchev–Trinajstić information content (AvgIpc) is 2.74. The smallest absolute Gasteiger partial charge is 0.105 e. The summed E-state index contributed by atoms with van der Waals surface area (Å²) in [5.41, 5.74) is 7.46. The standard InChI is InChI=1S/C25H27NO.ClH/c1-25(27-3)23-15-13-21(17-22(23)14-16-24(25)26-2)20-11-9-19(10-12-20)18-7-5-4-6-8-18;/h4-13,15,17,24,26H,14,16H2,1-3H3;1H. The first kappa shape index (κ1) is 20.6. The van der Waals surface area contributed by atoms with E-state index in [1.807, 2.05) is 14.2 Å². The second-order valence-corrected chi connectivity index (χ2v) is 7.51. The summed E-state index contributed by atoms with van der Waals surface area (Å²) >= 11 is 0. The van der Waals surface area contributed by atoms with Gasteiger partial charge in [-0.3, -0.25) is 0 Å². The van der Waals surface area contributed by atoms with E-state index in [4.69, 9.17) is 4.74 Å². The molecule has 0 spiro atoms. The molecule has 146 valence electrons. The van der Waals surface area contributed by atoms with Gasteiger partial charge in [0.1, 0.15) is 5.60 Å². The maximum absolute atomic E-state index is 5.96. The van der Waals surface area contributed by atoms with E-state index >= 15 is 0 Å². The van der Waals surface area contributed by atoms with E-state index in [0.717, 1.165) is 12.8 Å². The molecule has 2 unspecified atom stereocenters. The lowest BCUT2D eigenvalue weighted by atomic mass is 9.75. The van der Waals surface area contributed by atoms with Gasteiger partial charge in [0.05, 0.1) is 0 Å². The summed E-state index contributed by atoms with van der Waals surface area (Å²) in [6.07, 6.45) is 2.17. The number of hydrogen-bond donors (Lipinski definition) is 1. The summed E-state index contributed by atoms with van der Waals surface area (Å²) in [4.78, 5) is 0. The molecule has 0 radical (unpaired) electrons. The fourth-order valence-corrected chi connectivity index (χ4v) is 4.39. The molecule has 0 bridgehead atoms. The molecule has 28 heavy (non-hydrogen) atoms. The van der Waals surface area contributed by atoms with E-state index in [1.54, 1.807) is 0 Å². The Labute approximate surface area is 174 Å². The van der Waals surface area contributed by atoms with Crippen LogP contribution in [0.2, 0.25) is 0 Å². The first-order chi connectivity index (χ1) is 13.2. The topological polar surface area (TPSA) is 21.3 Å². The molecule has 3 aromatic carbocycles. The van der Waals surface area contributed by atoms with Crippen molar-refractivity contribution in [1.29, 1.82) is 0 Å². The number of hydrogen-bond acceptors (Lipinski definition) is 2. The second kappa shape index (κ2) is 8.48. The largest absolute Gasteiger partial charge is 0.372 e. The summed E-state index contributed by atoms with van der Waals surface area (Å²) in [7, 11) is 3.84. The summed E-state index contributed by atoms with van der Waals surface area (Å²) in [5, 5.41) is 3.43. The van der Waals surface area contributed by atoms with Gasteiger partial charge in [0, 0.05) is 13.2 Å². The number of methoxy groups -OCH3 is 1. The van der Waals surface area contributed by atoms with E-state index < -0.39 is 0 Å². The van der Waals surface area contributed by atoms with Crippen LogP contribution in [0.15, 0.2) is 72.8 Å². The number of aryl methyl sites for hydroxylation is 1. The Morgan fingerprint density at radius 2 is 1.43 bits per heavy atom. The molecular formula is C25H28ClNO. The van der Waals surface area contributed by atoms with Crippen LogP contribution in [0.25, 0.3) is 22.3 Å². The van der Waals surface area contributed by atoms with Gasteiger partial charge in [-0.1, -0.05) is 72.8 Å². The van der Waals surface area contributed by atoms with Gasteiger partial charge in [-0.2, -0.15) is 0 Å². The molecule has 0 fully saturated rings. The van der Waals surface area contributed by atoms with Gasteiger partial charge in [0.15, 0.2) is 0 Å². The average molecular weight is 394 g/mol. The van der Waals surface area contributed by atoms with E-state index in [2.05, 4.69) is 85.0 Å². The third kappa shape index (κ3) is 3.60. The number of rotatable bonds is 4. The van der Waals surface area contributed by atoms with Gasteiger partial charge < -0.3 is 10.1 Å². The summed E-state index contributed by atoms with van der Waals surface area (Å²) < 4.78 is 5.96. The van der Waals surface area contributed by atoms with Crippen molar-refractivity contribution in [3.63, 3.8) is 0 Å². The van der Waals surface area contributed by atoms with Crippen molar-refractivity contribution in [3.05, 3.63) is 83.9 Å². The number of halogens is 1. The minimum absolute atomic E-state index is 0. The molecular weight excluding hydrogens is 366 g/mol. The highest BCUT2D eigenvalue weighted by atomic mass is 35.5. The van der Waals surface area contributed by atoms with Crippen LogP contribution in [-0.4, -0.2) is 20.2 Å². The Morgan fingerprint density at radius 3 is 2.04 bits per heavy atom. The third-order valence-corrected chi connectivity index (χ3v) is 6.11. The first-order valence-corrected chi connectivity index (χ1v) is 9.67. The Balaban J connectivity index is 0.00000225. The van der Waals surface area contributed by atoms with Crippen molar-refractivity contribution in [3.8, 4) is 22.3 Å². The van der Waals surface area contributed by atoms with Crippen LogP contribution in [0.4, 0.5) is 0 Å². The van der Waals surface area contributed by atoms with E-state index in [1.165, 1.54) is 33.4 Å². The van der Waals surface area contributed by atoms with Crippen LogP contribution in [0, 0.1) is 0 Å². The summed E-state index contributed by atoms with van der Waals surface area (Å²) in [6.45, 7) is 2.19. The molecule has 2 atom stereocenters. The Bertz CT molecular complexity index is 923. The monoisotopic (exact) mass is 393 g/mol. The van der Waals surface area contributed by atoms with Gasteiger partial charge in [-0.15, -0.1) is 12.4 Å². The fourth-order valence-electron chi connectivity index (χ4n) is 4.39. The van der Waals surface area contributed by atoms with Gasteiger partial charge in [-0.05, 0) is 60.2 Å². The lowest BCUT2D eigenvalue weighted by Crippen LogP contribution is -2.49. The fraction of sp³-hybridized carbons (Fsp3) is 0.280. The Morgan fingerprint density at radius 1 is 0.857 bits per heavy atom. The summed E-state index contributed by atoms with van der Waals surface area (Å²) in [6, 6.07) is 26.5. The van der Waals surface area contributed by atoms with Crippen molar-refractivity contribution < 1.29 is 4.74 Å². The lowest BCUT2D eigenvalue weighted by Gasteiger charge is -2.42. The molecule has 0 aromatic heterocycles. The Hall–Kier alpha value is -2.13. The number of fused-ring (bicyclic) bond motifs is 1. The number of ether oxygens (including phenoxy) is 1. The zero-order valence-corrected chi connectivity index (χ0v) is 17.6. The van der Waals surface area contributed by atoms with Crippen molar-refractivity contribution in [2.45, 2.75) is 31.4 Å². The third-order valence-electron chi connectivity index (χ3n) is 6.11. The molecule has 3 aromatic rings. The second-order valence-electron chi connectivity index (χ2n) is 7.51. The van der Waals surface area contributed by atoms with Crippen molar-refractivity contribution in [2.75, 3.05) is 14.2 Å². The van der Waals surface area contributed by atoms with E-state index in [-0.39, 0.29) is 18.0 Å². The molecule has 2 nitrogen and oxygen atoms in total. The predicted molar refractivity (Wildman–Crippen MR) is 120 cm³/mol. The van der Waals surface area contributed by atoms with E-state index in [9.17, 15) is 0 Å². The lowest BCUT2D eigenvalue weighted by molar-refractivity contribution is -0.0370. The minimum Gasteiger partial charge on any atom is -0.372 e. The van der Waals surface area contributed by atoms with Gasteiger partial charge in [-0.25, -0.2) is 0 Å². The molecule has 1 aliphatic carbocycles. The Kier molecular flexibility index (Phi) is 6.24. The predicted octanol–water partition coefficient (Wildman–Crippen LogP) is 5.84. The van der Waals surface area contributed by atoms with Crippen LogP contribution >= 0.6 is 12.4 Å². The molecule has 4 rings (SSSR count). The number of benzene rings is 3. The molecule has 1 aliphatic rings. The van der Waals surface area contributed by atoms with Crippen LogP contribution in [0.1, 0.15) is 24.5 Å². The van der Waals surface area contributed by atoms with Crippen LogP contribution < -0.4 is 5.32 Å². The zero-order valence-electron chi connectivity index (χ0n) is 16.7. The van der Waals surface area contributed by atoms with Gasteiger partial charge in [0.2, 0.25) is 0 Å². The van der Waals surface area contributed by atoms with Crippen LogP contribution in [-0.2, 0) is 16.8 Å². The maximum Gasteiger partial charge on any atom is 0.105 e. The van der Waals surface area contributed by atoms with Gasteiger partial charge >= 0.3 is 0 Å². The van der Waals surface area contributed by atoms with Crippen LogP contribution in [0.5, 0.6) is 0 Å². The zero-order chi connectivity index (χ0) is 18.9. The molecule has 0 saturated heterocycles.